The first-order chi connectivity index (χ1) is 9.01. The Kier molecular flexibility index (Phi) is 4.25. The van der Waals surface area contributed by atoms with E-state index >= 15 is 0 Å². The second-order valence-electron chi connectivity index (χ2n) is 6.05. The summed E-state index contributed by atoms with van der Waals surface area (Å²) in [4.78, 5) is 4.70. The van der Waals surface area contributed by atoms with Crippen LogP contribution in [0.15, 0.2) is 24.3 Å². The van der Waals surface area contributed by atoms with Crippen molar-refractivity contribution in [3.8, 4) is 0 Å². The molecular formula is C16H25N3. The van der Waals surface area contributed by atoms with Gasteiger partial charge < -0.3 is 9.88 Å². The Hall–Kier alpha value is -1.35. The molecule has 0 bridgehead atoms. The lowest BCUT2D eigenvalue weighted by Crippen LogP contribution is -2.36. The Labute approximate surface area is 116 Å². The van der Waals surface area contributed by atoms with Crippen molar-refractivity contribution in [2.45, 2.75) is 52.6 Å². The molecule has 0 unspecified atom stereocenters. The number of rotatable bonds is 5. The van der Waals surface area contributed by atoms with Gasteiger partial charge in [-0.05, 0) is 45.9 Å². The van der Waals surface area contributed by atoms with Crippen LogP contribution in [0.1, 0.15) is 39.9 Å². The maximum atomic E-state index is 4.70. The number of aryl methyl sites for hydroxylation is 2. The summed E-state index contributed by atoms with van der Waals surface area (Å²) in [7, 11) is 0. The van der Waals surface area contributed by atoms with Crippen LogP contribution in [0, 0.1) is 0 Å². The molecule has 0 spiro atoms. The molecule has 2 rings (SSSR count). The predicted octanol–water partition coefficient (Wildman–Crippen LogP) is 3.38. The highest BCUT2D eigenvalue weighted by Crippen LogP contribution is 2.16. The molecule has 3 heteroatoms. The molecular weight excluding hydrogens is 234 g/mol. The standard InChI is InChI=1S/C16H25N3/c1-5-15-18-13-9-6-7-10-14(13)19(15)12-8-11-17-16(2,3)4/h6-7,9-10,17H,5,8,11-12H2,1-4H3. The Morgan fingerprint density at radius 1 is 1.21 bits per heavy atom. The van der Waals surface area contributed by atoms with E-state index in [1.807, 2.05) is 0 Å². The van der Waals surface area contributed by atoms with Crippen molar-refractivity contribution in [2.75, 3.05) is 6.54 Å². The number of fused-ring (bicyclic) bond motifs is 1. The molecule has 1 heterocycles. The molecule has 0 radical (unpaired) electrons. The van der Waals surface area contributed by atoms with Crippen molar-refractivity contribution in [2.24, 2.45) is 0 Å². The maximum absolute atomic E-state index is 4.70. The molecule has 1 aromatic heterocycles. The van der Waals surface area contributed by atoms with Crippen LogP contribution in [0.3, 0.4) is 0 Å². The molecule has 0 amide bonds. The Morgan fingerprint density at radius 3 is 2.63 bits per heavy atom. The van der Waals surface area contributed by atoms with Crippen molar-refractivity contribution < 1.29 is 0 Å². The van der Waals surface area contributed by atoms with Gasteiger partial charge in [-0.25, -0.2) is 4.98 Å². The number of benzene rings is 1. The molecule has 0 aliphatic carbocycles. The summed E-state index contributed by atoms with van der Waals surface area (Å²) in [6.07, 6.45) is 2.12. The highest BCUT2D eigenvalue weighted by Gasteiger charge is 2.10. The fourth-order valence-corrected chi connectivity index (χ4v) is 2.35. The molecule has 0 saturated heterocycles. The zero-order valence-electron chi connectivity index (χ0n) is 12.5. The fraction of sp³-hybridized carbons (Fsp3) is 0.562. The van der Waals surface area contributed by atoms with Gasteiger partial charge in [-0.1, -0.05) is 19.1 Å². The fourth-order valence-electron chi connectivity index (χ4n) is 2.35. The third-order valence-electron chi connectivity index (χ3n) is 3.26. The van der Waals surface area contributed by atoms with Gasteiger partial charge >= 0.3 is 0 Å². The first-order valence-corrected chi connectivity index (χ1v) is 7.20. The molecule has 0 saturated carbocycles. The summed E-state index contributed by atoms with van der Waals surface area (Å²) in [6, 6.07) is 8.41. The van der Waals surface area contributed by atoms with Gasteiger partial charge in [0, 0.05) is 18.5 Å². The molecule has 3 nitrogen and oxygen atoms in total. The minimum absolute atomic E-state index is 0.199. The average molecular weight is 259 g/mol. The highest BCUT2D eigenvalue weighted by atomic mass is 15.1. The lowest BCUT2D eigenvalue weighted by Gasteiger charge is -2.20. The molecule has 19 heavy (non-hydrogen) atoms. The SMILES string of the molecule is CCc1nc2ccccc2n1CCCNC(C)(C)C. The van der Waals surface area contributed by atoms with Crippen molar-refractivity contribution >= 4 is 11.0 Å². The van der Waals surface area contributed by atoms with Crippen LogP contribution in [0.4, 0.5) is 0 Å². The van der Waals surface area contributed by atoms with E-state index in [2.05, 4.69) is 61.8 Å². The molecule has 0 fully saturated rings. The molecule has 1 aromatic carbocycles. The smallest absolute Gasteiger partial charge is 0.109 e. The second-order valence-corrected chi connectivity index (χ2v) is 6.05. The molecule has 0 atom stereocenters. The lowest BCUT2D eigenvalue weighted by molar-refractivity contribution is 0.413. The predicted molar refractivity (Wildman–Crippen MR) is 81.5 cm³/mol. The van der Waals surface area contributed by atoms with Crippen molar-refractivity contribution in [3.63, 3.8) is 0 Å². The van der Waals surface area contributed by atoms with Gasteiger partial charge in [-0.15, -0.1) is 0 Å². The molecule has 104 valence electrons. The lowest BCUT2D eigenvalue weighted by atomic mass is 10.1. The van der Waals surface area contributed by atoms with Crippen LogP contribution in [0.2, 0.25) is 0 Å². The zero-order valence-corrected chi connectivity index (χ0v) is 12.5. The third kappa shape index (κ3) is 3.57. The van der Waals surface area contributed by atoms with E-state index < -0.39 is 0 Å². The van der Waals surface area contributed by atoms with Gasteiger partial charge in [-0.2, -0.15) is 0 Å². The number of nitrogens with one attached hydrogen (secondary N) is 1. The van der Waals surface area contributed by atoms with Gasteiger partial charge in [0.2, 0.25) is 0 Å². The van der Waals surface area contributed by atoms with Crippen molar-refractivity contribution in [1.29, 1.82) is 0 Å². The summed E-state index contributed by atoms with van der Waals surface area (Å²) in [6.45, 7) is 10.9. The van der Waals surface area contributed by atoms with Crippen molar-refractivity contribution in [3.05, 3.63) is 30.1 Å². The van der Waals surface area contributed by atoms with E-state index in [9.17, 15) is 0 Å². The molecule has 0 aliphatic heterocycles. The summed E-state index contributed by atoms with van der Waals surface area (Å²) in [5.41, 5.74) is 2.57. The van der Waals surface area contributed by atoms with E-state index in [0.717, 1.165) is 31.4 Å². The van der Waals surface area contributed by atoms with E-state index in [1.165, 1.54) is 11.3 Å². The number of imidazole rings is 1. The number of hydrogen-bond acceptors (Lipinski definition) is 2. The topological polar surface area (TPSA) is 29.9 Å². The normalized spacial score (nSPS) is 12.2. The highest BCUT2D eigenvalue weighted by molar-refractivity contribution is 5.75. The Morgan fingerprint density at radius 2 is 1.95 bits per heavy atom. The number of aromatic nitrogens is 2. The Bertz CT molecular complexity index is 534. The molecule has 2 aromatic rings. The van der Waals surface area contributed by atoms with Gasteiger partial charge in [0.05, 0.1) is 11.0 Å². The van der Waals surface area contributed by atoms with Gasteiger partial charge in [0.15, 0.2) is 0 Å². The maximum Gasteiger partial charge on any atom is 0.109 e. The summed E-state index contributed by atoms with van der Waals surface area (Å²) < 4.78 is 2.36. The summed E-state index contributed by atoms with van der Waals surface area (Å²) >= 11 is 0. The quantitative estimate of drug-likeness (QED) is 0.834. The third-order valence-corrected chi connectivity index (χ3v) is 3.26. The van der Waals surface area contributed by atoms with Crippen LogP contribution in [0.5, 0.6) is 0 Å². The zero-order chi connectivity index (χ0) is 13.9. The van der Waals surface area contributed by atoms with E-state index in [4.69, 9.17) is 4.98 Å². The van der Waals surface area contributed by atoms with Crippen LogP contribution >= 0.6 is 0 Å². The first kappa shape index (κ1) is 14.1. The van der Waals surface area contributed by atoms with Crippen LogP contribution in [-0.4, -0.2) is 21.6 Å². The minimum Gasteiger partial charge on any atom is -0.328 e. The number of para-hydroxylation sites is 2. The van der Waals surface area contributed by atoms with Gasteiger partial charge in [0.25, 0.3) is 0 Å². The number of hydrogen-bond donors (Lipinski definition) is 1. The largest absolute Gasteiger partial charge is 0.328 e. The molecule has 1 N–H and O–H groups in total. The van der Waals surface area contributed by atoms with Crippen LogP contribution in [0.25, 0.3) is 11.0 Å². The molecule has 0 aliphatic rings. The minimum atomic E-state index is 0.199. The van der Waals surface area contributed by atoms with Gasteiger partial charge in [0.1, 0.15) is 5.82 Å². The van der Waals surface area contributed by atoms with Crippen LogP contribution < -0.4 is 5.32 Å². The van der Waals surface area contributed by atoms with Crippen molar-refractivity contribution in [1.82, 2.24) is 14.9 Å². The summed E-state index contributed by atoms with van der Waals surface area (Å²) in [5.74, 6) is 1.19. The number of nitrogens with zero attached hydrogens (tertiary/aromatic N) is 2. The monoisotopic (exact) mass is 259 g/mol. The Balaban J connectivity index is 2.07. The van der Waals surface area contributed by atoms with Gasteiger partial charge in [-0.3, -0.25) is 0 Å². The first-order valence-electron chi connectivity index (χ1n) is 7.20. The summed E-state index contributed by atoms with van der Waals surface area (Å²) in [5, 5.41) is 3.54. The second kappa shape index (κ2) is 5.74. The van der Waals surface area contributed by atoms with E-state index in [0.29, 0.717) is 0 Å². The van der Waals surface area contributed by atoms with E-state index in [-0.39, 0.29) is 5.54 Å². The average Bonchev–Trinajstić information content (AvgIpc) is 2.71. The van der Waals surface area contributed by atoms with Crippen LogP contribution in [-0.2, 0) is 13.0 Å². The van der Waals surface area contributed by atoms with E-state index in [1.54, 1.807) is 0 Å².